The van der Waals surface area contributed by atoms with E-state index in [4.69, 9.17) is 4.74 Å². The lowest BCUT2D eigenvalue weighted by atomic mass is 10.1. The highest BCUT2D eigenvalue weighted by atomic mass is 16.5. The Kier molecular flexibility index (Phi) is 6.76. The van der Waals surface area contributed by atoms with Gasteiger partial charge in [0.25, 0.3) is 5.91 Å². The zero-order chi connectivity index (χ0) is 14.9. The van der Waals surface area contributed by atoms with E-state index < -0.39 is 0 Å². The van der Waals surface area contributed by atoms with E-state index in [0.717, 1.165) is 57.6 Å². The zero-order valence-corrected chi connectivity index (χ0v) is 12.9. The quantitative estimate of drug-likeness (QED) is 0.719. The van der Waals surface area contributed by atoms with Crippen molar-refractivity contribution >= 4 is 5.91 Å². The van der Waals surface area contributed by atoms with Crippen LogP contribution in [-0.2, 0) is 11.3 Å². The molecule has 0 bridgehead atoms. The molecule has 1 amide bonds. The number of rotatable bonds is 8. The summed E-state index contributed by atoms with van der Waals surface area (Å²) in [6, 6.07) is 3.79. The van der Waals surface area contributed by atoms with Gasteiger partial charge < -0.3 is 19.9 Å². The summed E-state index contributed by atoms with van der Waals surface area (Å²) < 4.78 is 7.82. The second-order valence-electron chi connectivity index (χ2n) is 5.52. The minimum atomic E-state index is 0.00955. The van der Waals surface area contributed by atoms with Crippen molar-refractivity contribution < 1.29 is 9.53 Å². The number of amides is 1. The van der Waals surface area contributed by atoms with E-state index in [1.54, 1.807) is 0 Å². The van der Waals surface area contributed by atoms with Gasteiger partial charge in [-0.15, -0.1) is 0 Å². The summed E-state index contributed by atoms with van der Waals surface area (Å²) in [4.78, 5) is 12.1. The Morgan fingerprint density at radius 2 is 2.29 bits per heavy atom. The zero-order valence-electron chi connectivity index (χ0n) is 12.9. The van der Waals surface area contributed by atoms with Gasteiger partial charge in [-0.3, -0.25) is 4.79 Å². The lowest BCUT2D eigenvalue weighted by Gasteiger charge is -2.22. The number of carbonyl (C=O) groups excluding carboxylic acids is 1. The summed E-state index contributed by atoms with van der Waals surface area (Å²) >= 11 is 0. The number of aromatic nitrogens is 1. The van der Waals surface area contributed by atoms with E-state index in [1.807, 2.05) is 22.9 Å². The summed E-state index contributed by atoms with van der Waals surface area (Å²) in [5.74, 6) is 0.00955. The molecule has 1 fully saturated rings. The number of hydrogen-bond acceptors (Lipinski definition) is 3. The summed E-state index contributed by atoms with van der Waals surface area (Å²) in [6.07, 6.45) is 6.43. The molecular weight excluding hydrogens is 266 g/mol. The number of nitrogens with zero attached hydrogens (tertiary/aromatic N) is 1. The molecule has 2 N–H and O–H groups in total. The molecule has 5 nitrogen and oxygen atoms in total. The molecule has 2 rings (SSSR count). The fraction of sp³-hybridized carbons (Fsp3) is 0.688. The summed E-state index contributed by atoms with van der Waals surface area (Å²) in [5.41, 5.74) is 0.746. The predicted octanol–water partition coefficient (Wildman–Crippen LogP) is 1.79. The maximum Gasteiger partial charge on any atom is 0.267 e. The Hall–Kier alpha value is -1.33. The molecule has 0 aliphatic carbocycles. The van der Waals surface area contributed by atoms with Gasteiger partial charge in [0.05, 0.1) is 6.10 Å². The third-order valence-electron chi connectivity index (χ3n) is 3.77. The molecule has 1 aromatic heterocycles. The topological polar surface area (TPSA) is 55.3 Å². The first kappa shape index (κ1) is 16.0. The largest absolute Gasteiger partial charge is 0.378 e. The third kappa shape index (κ3) is 5.17. The smallest absolute Gasteiger partial charge is 0.267 e. The van der Waals surface area contributed by atoms with Crippen LogP contribution in [0.3, 0.4) is 0 Å². The van der Waals surface area contributed by atoms with Gasteiger partial charge in [-0.1, -0.05) is 6.92 Å². The van der Waals surface area contributed by atoms with E-state index in [2.05, 4.69) is 17.6 Å². The number of nitrogens with one attached hydrogen (secondary N) is 2. The molecule has 0 spiro atoms. The minimum absolute atomic E-state index is 0.00955. The van der Waals surface area contributed by atoms with E-state index in [1.165, 1.54) is 0 Å². The van der Waals surface area contributed by atoms with Crippen molar-refractivity contribution in [2.45, 2.75) is 45.3 Å². The SMILES string of the molecule is CCCn1cccc1C(=O)NCCCOC1CCNCC1. The van der Waals surface area contributed by atoms with Crippen molar-refractivity contribution in [2.24, 2.45) is 0 Å². The minimum Gasteiger partial charge on any atom is -0.378 e. The van der Waals surface area contributed by atoms with Gasteiger partial charge in [-0.25, -0.2) is 0 Å². The van der Waals surface area contributed by atoms with Crippen LogP contribution in [0.4, 0.5) is 0 Å². The Balaban J connectivity index is 1.61. The lowest BCUT2D eigenvalue weighted by Crippen LogP contribution is -2.33. The Morgan fingerprint density at radius 1 is 1.48 bits per heavy atom. The molecule has 0 saturated carbocycles. The van der Waals surface area contributed by atoms with Crippen molar-refractivity contribution in [1.82, 2.24) is 15.2 Å². The average molecular weight is 293 g/mol. The summed E-state index contributed by atoms with van der Waals surface area (Å²) in [7, 11) is 0. The van der Waals surface area contributed by atoms with Gasteiger partial charge >= 0.3 is 0 Å². The van der Waals surface area contributed by atoms with E-state index in [9.17, 15) is 4.79 Å². The third-order valence-corrected chi connectivity index (χ3v) is 3.77. The fourth-order valence-corrected chi connectivity index (χ4v) is 2.63. The Labute approximate surface area is 127 Å². The Bertz CT molecular complexity index is 425. The van der Waals surface area contributed by atoms with E-state index >= 15 is 0 Å². The first-order valence-corrected chi connectivity index (χ1v) is 8.07. The van der Waals surface area contributed by atoms with Crippen molar-refractivity contribution in [3.05, 3.63) is 24.0 Å². The number of hydrogen-bond donors (Lipinski definition) is 2. The van der Waals surface area contributed by atoms with Crippen LogP contribution in [-0.4, -0.2) is 42.8 Å². The van der Waals surface area contributed by atoms with Gasteiger partial charge in [0.2, 0.25) is 0 Å². The molecule has 2 heterocycles. The predicted molar refractivity (Wildman–Crippen MR) is 83.5 cm³/mol. The van der Waals surface area contributed by atoms with Crippen LogP contribution in [0.25, 0.3) is 0 Å². The molecule has 5 heteroatoms. The number of ether oxygens (including phenoxy) is 1. The first-order valence-electron chi connectivity index (χ1n) is 8.07. The van der Waals surface area contributed by atoms with Crippen molar-refractivity contribution in [3.63, 3.8) is 0 Å². The summed E-state index contributed by atoms with van der Waals surface area (Å²) in [5, 5.41) is 6.29. The van der Waals surface area contributed by atoms with Crippen LogP contribution in [0.1, 0.15) is 43.1 Å². The maximum absolute atomic E-state index is 12.1. The molecule has 1 aromatic rings. The standard InChI is InChI=1S/C16H27N3O2/c1-2-11-19-12-3-5-15(19)16(20)18-8-4-13-21-14-6-9-17-10-7-14/h3,5,12,14,17H,2,4,6-11,13H2,1H3,(H,18,20). The van der Waals surface area contributed by atoms with E-state index in [0.29, 0.717) is 12.6 Å². The molecule has 1 saturated heterocycles. The highest BCUT2D eigenvalue weighted by molar-refractivity contribution is 5.92. The number of piperidine rings is 1. The van der Waals surface area contributed by atoms with Crippen molar-refractivity contribution in [3.8, 4) is 0 Å². The van der Waals surface area contributed by atoms with Gasteiger partial charge in [0, 0.05) is 25.9 Å². The molecule has 1 aliphatic heterocycles. The van der Waals surface area contributed by atoms with Gasteiger partial charge in [0.15, 0.2) is 0 Å². The average Bonchev–Trinajstić information content (AvgIpc) is 2.96. The van der Waals surface area contributed by atoms with Gasteiger partial charge in [0.1, 0.15) is 5.69 Å². The molecule has 0 atom stereocenters. The van der Waals surface area contributed by atoms with Crippen LogP contribution in [0.2, 0.25) is 0 Å². The van der Waals surface area contributed by atoms with Crippen LogP contribution in [0.15, 0.2) is 18.3 Å². The van der Waals surface area contributed by atoms with Gasteiger partial charge in [-0.2, -0.15) is 0 Å². The summed E-state index contributed by atoms with van der Waals surface area (Å²) in [6.45, 7) is 6.49. The van der Waals surface area contributed by atoms with Crippen LogP contribution in [0, 0.1) is 0 Å². The van der Waals surface area contributed by atoms with Crippen LogP contribution < -0.4 is 10.6 Å². The van der Waals surface area contributed by atoms with E-state index in [-0.39, 0.29) is 5.91 Å². The highest BCUT2D eigenvalue weighted by Crippen LogP contribution is 2.07. The normalized spacial score (nSPS) is 16.0. The molecule has 21 heavy (non-hydrogen) atoms. The molecular formula is C16H27N3O2. The number of aryl methyl sites for hydroxylation is 1. The molecule has 1 aliphatic rings. The first-order chi connectivity index (χ1) is 10.3. The van der Waals surface area contributed by atoms with Crippen molar-refractivity contribution in [2.75, 3.05) is 26.2 Å². The van der Waals surface area contributed by atoms with Crippen LogP contribution >= 0.6 is 0 Å². The second-order valence-corrected chi connectivity index (χ2v) is 5.52. The lowest BCUT2D eigenvalue weighted by molar-refractivity contribution is 0.0317. The molecule has 0 radical (unpaired) electrons. The fourth-order valence-electron chi connectivity index (χ4n) is 2.63. The van der Waals surface area contributed by atoms with Crippen molar-refractivity contribution in [1.29, 1.82) is 0 Å². The molecule has 0 unspecified atom stereocenters. The van der Waals surface area contributed by atoms with Gasteiger partial charge in [-0.05, 0) is 50.9 Å². The van der Waals surface area contributed by atoms with Crippen LogP contribution in [0.5, 0.6) is 0 Å². The monoisotopic (exact) mass is 293 g/mol. The molecule has 118 valence electrons. The second kappa shape index (κ2) is 8.85. The maximum atomic E-state index is 12.1. The number of carbonyl (C=O) groups is 1. The molecule has 0 aromatic carbocycles. The highest BCUT2D eigenvalue weighted by Gasteiger charge is 2.13. The Morgan fingerprint density at radius 3 is 3.05 bits per heavy atom.